The van der Waals surface area contributed by atoms with E-state index in [0.29, 0.717) is 10.8 Å². The van der Waals surface area contributed by atoms with Crippen molar-refractivity contribution in [1.29, 1.82) is 0 Å². The fraction of sp³-hybridized carbons (Fsp3) is 0.600. The number of aliphatic hydroxyl groups excluding tert-OH is 1. The molecule has 1 aromatic rings. The quantitative estimate of drug-likeness (QED) is 0.159. The van der Waals surface area contributed by atoms with E-state index in [4.69, 9.17) is 31.6 Å². The van der Waals surface area contributed by atoms with Crippen LogP contribution in [0.15, 0.2) is 6.20 Å². The second-order valence-corrected chi connectivity index (χ2v) is 11.5. The van der Waals surface area contributed by atoms with Crippen molar-refractivity contribution >= 4 is 47.9 Å². The van der Waals surface area contributed by atoms with Gasteiger partial charge in [0.15, 0.2) is 28.5 Å². The highest BCUT2D eigenvalue weighted by atomic mass is 32.1. The van der Waals surface area contributed by atoms with Gasteiger partial charge >= 0.3 is 23.5 Å². The number of nitrogens with one attached hydrogen (secondary N) is 1. The highest BCUT2D eigenvalue weighted by molar-refractivity contribution is 7.72. The van der Waals surface area contributed by atoms with E-state index in [2.05, 4.69) is 30.3 Å². The van der Waals surface area contributed by atoms with Crippen LogP contribution >= 0.6 is 47.9 Å². The van der Waals surface area contributed by atoms with Crippen LogP contribution in [0.5, 0.6) is 0 Å². The van der Waals surface area contributed by atoms with Crippen LogP contribution < -0.4 is 0 Å². The Morgan fingerprint density at radius 1 is 1.18 bits per heavy atom. The molecular formula is C10H14F3N2O13P3S2. The summed E-state index contributed by atoms with van der Waals surface area (Å²) >= 11 is 9.39. The summed E-state index contributed by atoms with van der Waals surface area (Å²) in [6.45, 7) is -3.84. The summed E-state index contributed by atoms with van der Waals surface area (Å²) in [6, 6.07) is 0. The van der Waals surface area contributed by atoms with Gasteiger partial charge in [0.1, 0.15) is 17.9 Å². The molecule has 0 amide bonds. The third kappa shape index (κ3) is 6.63. The van der Waals surface area contributed by atoms with Crippen LogP contribution in [0.25, 0.3) is 0 Å². The van der Waals surface area contributed by atoms with E-state index in [1.165, 1.54) is 0 Å². The summed E-state index contributed by atoms with van der Waals surface area (Å²) in [5, 5.41) is 20.5. The van der Waals surface area contributed by atoms with Crippen molar-refractivity contribution in [2.45, 2.75) is 23.8 Å². The number of aliphatic hydroxyl groups is 2. The topological polar surface area (TPSA) is 230 Å². The average Bonchev–Trinajstić information content (AvgIpc) is 2.82. The number of hydrogen-bond acceptors (Lipinski definition) is 11. The molecule has 0 bridgehead atoms. The first-order chi connectivity index (χ1) is 14.8. The lowest BCUT2D eigenvalue weighted by atomic mass is 9.94. The van der Waals surface area contributed by atoms with Crippen LogP contribution in [0.1, 0.15) is 6.23 Å². The molecule has 1 aliphatic heterocycles. The van der Waals surface area contributed by atoms with Crippen LogP contribution in [0.4, 0.5) is 13.2 Å². The fourth-order valence-corrected chi connectivity index (χ4v) is 6.02. The molecule has 6 atom stereocenters. The Morgan fingerprint density at radius 2 is 1.76 bits per heavy atom. The highest BCUT2D eigenvalue weighted by Crippen LogP contribution is 2.66. The van der Waals surface area contributed by atoms with Gasteiger partial charge in [-0.05, 0) is 12.2 Å². The Morgan fingerprint density at radius 3 is 2.27 bits per heavy atom. The molecule has 3 unspecified atom stereocenters. The van der Waals surface area contributed by atoms with Gasteiger partial charge in [-0.2, -0.15) is 8.62 Å². The van der Waals surface area contributed by atoms with E-state index in [1.54, 1.807) is 0 Å². The molecule has 15 nitrogen and oxygen atoms in total. The van der Waals surface area contributed by atoms with E-state index in [1.807, 2.05) is 0 Å². The number of hydrogen-bond donors (Lipinski definition) is 7. The largest absolute Gasteiger partial charge is 0.490 e. The first-order valence-electron chi connectivity index (χ1n) is 7.88. The molecule has 0 aliphatic carbocycles. The molecule has 1 aromatic heterocycles. The summed E-state index contributed by atoms with van der Waals surface area (Å²) in [6.07, 6.45) is -4.73. The van der Waals surface area contributed by atoms with Gasteiger partial charge in [0.05, 0.1) is 0 Å². The number of H-pyrrole nitrogens is 1. The first-order valence-corrected chi connectivity index (χ1v) is 13.2. The molecule has 190 valence electrons. The van der Waals surface area contributed by atoms with Crippen molar-refractivity contribution in [3.63, 3.8) is 0 Å². The van der Waals surface area contributed by atoms with Gasteiger partial charge in [-0.1, -0.05) is 12.2 Å². The van der Waals surface area contributed by atoms with Crippen molar-refractivity contribution < 1.29 is 74.5 Å². The zero-order valence-electron chi connectivity index (χ0n) is 15.4. The molecule has 1 aliphatic rings. The number of aromatic nitrogens is 2. The minimum Gasteiger partial charge on any atom is -0.384 e. The van der Waals surface area contributed by atoms with Crippen molar-refractivity contribution in [3.8, 4) is 0 Å². The van der Waals surface area contributed by atoms with E-state index in [0.717, 1.165) is 0 Å². The lowest BCUT2D eigenvalue weighted by molar-refractivity contribution is -0.204. The van der Waals surface area contributed by atoms with Gasteiger partial charge in [-0.25, -0.2) is 26.9 Å². The molecule has 0 aromatic carbocycles. The highest BCUT2D eigenvalue weighted by Gasteiger charge is 2.66. The zero-order chi connectivity index (χ0) is 25.6. The number of ether oxygens (including phenoxy) is 1. The molecule has 0 radical (unpaired) electrons. The van der Waals surface area contributed by atoms with E-state index in [-0.39, 0.29) is 0 Å². The molecule has 0 spiro atoms. The smallest absolute Gasteiger partial charge is 0.384 e. The summed E-state index contributed by atoms with van der Waals surface area (Å²) in [7, 11) is -17.5. The Bertz CT molecular complexity index is 1180. The van der Waals surface area contributed by atoms with Crippen LogP contribution in [-0.4, -0.2) is 70.2 Å². The number of aromatic amines is 1. The number of nitrogens with zero attached hydrogens (tertiary/aromatic N) is 1. The van der Waals surface area contributed by atoms with Gasteiger partial charge < -0.3 is 39.5 Å². The molecule has 2 rings (SSSR count). The van der Waals surface area contributed by atoms with Gasteiger partial charge in [-0.3, -0.25) is 9.09 Å². The molecule has 2 heterocycles. The van der Waals surface area contributed by atoms with Crippen LogP contribution in [0.2, 0.25) is 0 Å². The summed E-state index contributed by atoms with van der Waals surface area (Å²) in [4.78, 5) is 37.5. The van der Waals surface area contributed by atoms with Gasteiger partial charge in [0.25, 0.3) is 5.85 Å². The molecule has 23 heteroatoms. The summed E-state index contributed by atoms with van der Waals surface area (Å²) < 4.78 is 91.2. The molecule has 1 saturated heterocycles. The monoisotopic (exact) mass is 584 g/mol. The van der Waals surface area contributed by atoms with Crippen LogP contribution in [0.3, 0.4) is 0 Å². The molecule has 0 saturated carbocycles. The van der Waals surface area contributed by atoms with Crippen molar-refractivity contribution in [2.24, 2.45) is 0 Å². The van der Waals surface area contributed by atoms with Gasteiger partial charge in [0, 0.05) is 6.20 Å². The maximum Gasteiger partial charge on any atom is 0.490 e. The molecule has 1 fully saturated rings. The molecular weight excluding hydrogens is 570 g/mol. The zero-order valence-corrected chi connectivity index (χ0v) is 19.7. The molecule has 33 heavy (non-hydrogen) atoms. The lowest BCUT2D eigenvalue weighted by Gasteiger charge is -2.29. The Balaban J connectivity index is 2.31. The van der Waals surface area contributed by atoms with Crippen molar-refractivity contribution in [3.05, 3.63) is 21.4 Å². The Hall–Kier alpha value is -0.400. The predicted octanol–water partition coefficient (Wildman–Crippen LogP) is 1.01. The van der Waals surface area contributed by atoms with E-state index < -0.39 is 75.8 Å². The van der Waals surface area contributed by atoms with Gasteiger partial charge in [0.2, 0.25) is 0 Å². The fourth-order valence-electron chi connectivity index (χ4n) is 2.52. The maximum absolute atomic E-state index is 15.2. The number of phosphoric ester groups is 1. The minimum absolute atomic E-state index is 0.440. The average molecular weight is 584 g/mol. The number of phosphoric acid groups is 3. The first kappa shape index (κ1) is 28.8. The second-order valence-electron chi connectivity index (χ2n) is 6.29. The van der Waals surface area contributed by atoms with Crippen LogP contribution in [0, 0.1) is 15.2 Å². The van der Waals surface area contributed by atoms with Crippen molar-refractivity contribution in [1.82, 2.24) is 9.55 Å². The van der Waals surface area contributed by atoms with Crippen LogP contribution in [-0.2, 0) is 31.6 Å². The van der Waals surface area contributed by atoms with E-state index >= 15 is 4.39 Å². The van der Waals surface area contributed by atoms with Crippen molar-refractivity contribution in [2.75, 3.05) is 13.3 Å². The minimum atomic E-state index is -5.95. The SMILES string of the molecule is O=P(O)(O)OP(=O)(O)OP(=O)(O)OC[C@@]1(F)O[C@@H](n2cc(F)c(=S)[nH]c2=S)[C@@](O)(CF)C1O. The normalized spacial score (nSPS) is 31.8. The number of halogens is 3. The third-order valence-electron chi connectivity index (χ3n) is 3.85. The summed E-state index contributed by atoms with van der Waals surface area (Å²) in [5.74, 6) is -4.93. The third-order valence-corrected chi connectivity index (χ3v) is 8.24. The van der Waals surface area contributed by atoms with E-state index in [9.17, 15) is 37.6 Å². The Kier molecular flexibility index (Phi) is 8.36. The van der Waals surface area contributed by atoms with Gasteiger partial charge in [-0.15, -0.1) is 0 Å². The second kappa shape index (κ2) is 9.57. The predicted molar refractivity (Wildman–Crippen MR) is 101 cm³/mol. The number of alkyl halides is 2. The standard InChI is InChI=1S/C10H14F3N2O13P3S2/c11-2-9(17)6(16)10(13,26-7(9)15-1-4(12)5(32)14-8(15)33)3-25-30(21,22)28-31(23,24)27-29(18,19)20/h1,6-7,16-17H,2-3H2,(H,21,22)(H,23,24)(H,14,32,33)(H2,18,19,20)/t6?,7-,9-,10-/m1/s1. The summed E-state index contributed by atoms with van der Waals surface area (Å²) in [5.41, 5.74) is -3.18. The maximum atomic E-state index is 15.2. The lowest BCUT2D eigenvalue weighted by Crippen LogP contribution is -2.52. The molecule has 7 N–H and O–H groups in total. The Labute approximate surface area is 190 Å². The number of rotatable bonds is 9.